The van der Waals surface area contributed by atoms with Crippen molar-refractivity contribution in [1.29, 1.82) is 0 Å². The summed E-state index contributed by atoms with van der Waals surface area (Å²) < 4.78 is 0. The number of alkyl halides is 1. The van der Waals surface area contributed by atoms with E-state index in [9.17, 15) is 4.79 Å². The molecule has 1 amide bonds. The topological polar surface area (TPSA) is 29.1 Å². The average molecular weight is 246 g/mol. The Morgan fingerprint density at radius 1 is 1.40 bits per heavy atom. The molecule has 1 aliphatic heterocycles. The first-order valence-corrected chi connectivity index (χ1v) is 5.17. The molecule has 1 aromatic carbocycles. The van der Waals surface area contributed by atoms with Gasteiger partial charge in [-0.15, -0.1) is 24.0 Å². The maximum absolute atomic E-state index is 11.1. The van der Waals surface area contributed by atoms with Gasteiger partial charge in [-0.3, -0.25) is 4.79 Å². The molecule has 4 heteroatoms. The third-order valence-corrected chi connectivity index (χ3v) is 2.74. The molecule has 1 N–H and O–H groups in total. The Hall–Kier alpha value is -0.730. The number of rotatable bonds is 1. The molecule has 2 nitrogen and oxygen atoms in total. The van der Waals surface area contributed by atoms with Gasteiger partial charge in [0, 0.05) is 12.1 Å². The summed E-state index contributed by atoms with van der Waals surface area (Å²) in [5.41, 5.74) is 3.23. The normalized spacial score (nSPS) is 16.0. The van der Waals surface area contributed by atoms with Crippen LogP contribution in [-0.2, 0) is 11.2 Å². The van der Waals surface area contributed by atoms with Crippen LogP contribution < -0.4 is 5.32 Å². The van der Waals surface area contributed by atoms with Crippen LogP contribution in [0.15, 0.2) is 18.2 Å². The van der Waals surface area contributed by atoms with Gasteiger partial charge >= 0.3 is 0 Å². The SMILES string of the molecule is CC(Cl)c1ccc2c(c1)CCC(=O)N2.Cl. The van der Waals surface area contributed by atoms with E-state index >= 15 is 0 Å². The summed E-state index contributed by atoms with van der Waals surface area (Å²) in [6.07, 6.45) is 1.39. The van der Waals surface area contributed by atoms with Gasteiger partial charge in [-0.1, -0.05) is 12.1 Å². The molecular weight excluding hydrogens is 233 g/mol. The number of hydrogen-bond acceptors (Lipinski definition) is 1. The number of halogens is 2. The van der Waals surface area contributed by atoms with E-state index in [2.05, 4.69) is 11.4 Å². The molecule has 0 radical (unpaired) electrons. The van der Waals surface area contributed by atoms with Crippen LogP contribution in [0.4, 0.5) is 5.69 Å². The third-order valence-electron chi connectivity index (χ3n) is 2.48. The Balaban J connectivity index is 0.00000112. The van der Waals surface area contributed by atoms with Crippen molar-refractivity contribution in [3.8, 4) is 0 Å². The largest absolute Gasteiger partial charge is 0.326 e. The van der Waals surface area contributed by atoms with E-state index < -0.39 is 0 Å². The van der Waals surface area contributed by atoms with Crippen LogP contribution in [0, 0.1) is 0 Å². The maximum atomic E-state index is 11.1. The van der Waals surface area contributed by atoms with Crippen LogP contribution in [0.25, 0.3) is 0 Å². The molecule has 0 saturated carbocycles. The number of anilines is 1. The van der Waals surface area contributed by atoms with Crippen LogP contribution in [0.1, 0.15) is 29.8 Å². The van der Waals surface area contributed by atoms with Crippen molar-refractivity contribution >= 4 is 35.6 Å². The summed E-state index contributed by atoms with van der Waals surface area (Å²) in [5, 5.41) is 2.87. The van der Waals surface area contributed by atoms with Gasteiger partial charge < -0.3 is 5.32 Å². The molecular formula is C11H13Cl2NO. The van der Waals surface area contributed by atoms with Crippen molar-refractivity contribution in [2.24, 2.45) is 0 Å². The Bertz CT molecular complexity index is 377. The van der Waals surface area contributed by atoms with Crippen LogP contribution in [0.3, 0.4) is 0 Å². The first-order chi connectivity index (χ1) is 6.66. The van der Waals surface area contributed by atoms with Crippen molar-refractivity contribution < 1.29 is 4.79 Å². The molecule has 0 aliphatic carbocycles. The standard InChI is InChI=1S/C11H12ClNO.ClH/c1-7(12)8-2-4-10-9(6-8)3-5-11(14)13-10;/h2,4,6-7H,3,5H2,1H3,(H,13,14);1H. The molecule has 0 aromatic heterocycles. The highest BCUT2D eigenvalue weighted by atomic mass is 35.5. The molecule has 1 aliphatic rings. The molecule has 0 fully saturated rings. The molecule has 2 rings (SSSR count). The molecule has 1 aromatic rings. The highest BCUT2D eigenvalue weighted by Crippen LogP contribution is 2.28. The minimum Gasteiger partial charge on any atom is -0.326 e. The molecule has 15 heavy (non-hydrogen) atoms. The number of carbonyl (C=O) groups is 1. The number of hydrogen-bond donors (Lipinski definition) is 1. The summed E-state index contributed by atoms with van der Waals surface area (Å²) in [5.74, 6) is 0.101. The lowest BCUT2D eigenvalue weighted by atomic mass is 9.99. The predicted molar refractivity (Wildman–Crippen MR) is 64.9 cm³/mol. The van der Waals surface area contributed by atoms with Crippen LogP contribution in [-0.4, -0.2) is 5.91 Å². The number of aryl methyl sites for hydroxylation is 1. The average Bonchev–Trinajstić information content (AvgIpc) is 2.16. The van der Waals surface area contributed by atoms with Gasteiger partial charge in [0.25, 0.3) is 0 Å². The van der Waals surface area contributed by atoms with Gasteiger partial charge in [0.05, 0.1) is 5.38 Å². The third kappa shape index (κ3) is 2.64. The quantitative estimate of drug-likeness (QED) is 0.757. The Morgan fingerprint density at radius 3 is 2.80 bits per heavy atom. The minimum atomic E-state index is 0. The van der Waals surface area contributed by atoms with Gasteiger partial charge in [-0.25, -0.2) is 0 Å². The fourth-order valence-corrected chi connectivity index (χ4v) is 1.79. The maximum Gasteiger partial charge on any atom is 0.224 e. The van der Waals surface area contributed by atoms with Gasteiger partial charge in [0.15, 0.2) is 0 Å². The molecule has 0 saturated heterocycles. The summed E-state index contributed by atoms with van der Waals surface area (Å²) in [4.78, 5) is 11.1. The monoisotopic (exact) mass is 245 g/mol. The van der Waals surface area contributed by atoms with Crippen molar-refractivity contribution in [2.75, 3.05) is 5.32 Å². The van der Waals surface area contributed by atoms with E-state index in [0.29, 0.717) is 6.42 Å². The zero-order valence-corrected chi connectivity index (χ0v) is 9.99. The van der Waals surface area contributed by atoms with Crippen molar-refractivity contribution in [3.63, 3.8) is 0 Å². The predicted octanol–water partition coefficient (Wildman–Crippen LogP) is 3.29. The summed E-state index contributed by atoms with van der Waals surface area (Å²) >= 11 is 5.99. The highest BCUT2D eigenvalue weighted by molar-refractivity contribution is 6.20. The fraction of sp³-hybridized carbons (Fsp3) is 0.364. The first-order valence-electron chi connectivity index (χ1n) is 4.73. The zero-order chi connectivity index (χ0) is 10.1. The second kappa shape index (κ2) is 4.86. The van der Waals surface area contributed by atoms with Crippen molar-refractivity contribution in [2.45, 2.75) is 25.1 Å². The number of carbonyl (C=O) groups excluding carboxylic acids is 1. The summed E-state index contributed by atoms with van der Waals surface area (Å²) in [6.45, 7) is 1.95. The number of benzene rings is 1. The molecule has 1 unspecified atom stereocenters. The summed E-state index contributed by atoms with van der Waals surface area (Å²) in [6, 6.07) is 5.97. The van der Waals surface area contributed by atoms with Gasteiger partial charge in [0.2, 0.25) is 5.91 Å². The zero-order valence-electron chi connectivity index (χ0n) is 8.42. The number of nitrogens with one attached hydrogen (secondary N) is 1. The van der Waals surface area contributed by atoms with E-state index in [0.717, 1.165) is 17.7 Å². The second-order valence-corrected chi connectivity index (χ2v) is 4.24. The van der Waals surface area contributed by atoms with Gasteiger partial charge in [-0.05, 0) is 30.5 Å². The lowest BCUT2D eigenvalue weighted by Gasteiger charge is -2.18. The Labute approximate surface area is 100 Å². The van der Waals surface area contributed by atoms with E-state index in [1.165, 1.54) is 5.56 Å². The van der Waals surface area contributed by atoms with E-state index in [1.54, 1.807) is 0 Å². The first kappa shape index (κ1) is 12.3. The van der Waals surface area contributed by atoms with Crippen LogP contribution >= 0.6 is 24.0 Å². The Morgan fingerprint density at radius 2 is 2.13 bits per heavy atom. The van der Waals surface area contributed by atoms with Gasteiger partial charge in [0.1, 0.15) is 0 Å². The molecule has 82 valence electrons. The second-order valence-electron chi connectivity index (χ2n) is 3.58. The van der Waals surface area contributed by atoms with Crippen LogP contribution in [0.2, 0.25) is 0 Å². The van der Waals surface area contributed by atoms with E-state index in [4.69, 9.17) is 11.6 Å². The molecule has 1 atom stereocenters. The Kier molecular flexibility index (Phi) is 4.00. The molecule has 0 spiro atoms. The van der Waals surface area contributed by atoms with Crippen molar-refractivity contribution in [3.05, 3.63) is 29.3 Å². The lowest BCUT2D eigenvalue weighted by Crippen LogP contribution is -2.18. The fourth-order valence-electron chi connectivity index (χ4n) is 1.65. The van der Waals surface area contributed by atoms with Crippen LogP contribution in [0.5, 0.6) is 0 Å². The minimum absolute atomic E-state index is 0. The summed E-state index contributed by atoms with van der Waals surface area (Å²) in [7, 11) is 0. The van der Waals surface area contributed by atoms with E-state index in [1.807, 2.05) is 19.1 Å². The number of fused-ring (bicyclic) bond motifs is 1. The number of amides is 1. The molecule has 1 heterocycles. The van der Waals surface area contributed by atoms with Crippen molar-refractivity contribution in [1.82, 2.24) is 0 Å². The smallest absolute Gasteiger partial charge is 0.224 e. The lowest BCUT2D eigenvalue weighted by molar-refractivity contribution is -0.116. The van der Waals surface area contributed by atoms with E-state index in [-0.39, 0.29) is 23.7 Å². The molecule has 0 bridgehead atoms. The highest BCUT2D eigenvalue weighted by Gasteiger charge is 2.15. The van der Waals surface area contributed by atoms with Gasteiger partial charge in [-0.2, -0.15) is 0 Å².